The van der Waals surface area contributed by atoms with Gasteiger partial charge >= 0.3 is 5.97 Å². The summed E-state index contributed by atoms with van der Waals surface area (Å²) >= 11 is 4.30. The fourth-order valence-corrected chi connectivity index (χ4v) is 2.79. The SMILES string of the molecule is CCc1cc(S)ccc1OCc1c(CC(=O)OC)cccc1C(F)F. The highest BCUT2D eigenvalue weighted by Crippen LogP contribution is 2.29. The van der Waals surface area contributed by atoms with Crippen LogP contribution in [0.3, 0.4) is 0 Å². The summed E-state index contributed by atoms with van der Waals surface area (Å²) in [6.45, 7) is 1.93. The smallest absolute Gasteiger partial charge is 0.309 e. The minimum atomic E-state index is -2.65. The van der Waals surface area contributed by atoms with Gasteiger partial charge in [-0.25, -0.2) is 8.78 Å². The number of aryl methyl sites for hydroxylation is 1. The van der Waals surface area contributed by atoms with Crippen molar-refractivity contribution in [2.24, 2.45) is 0 Å². The molecule has 3 nitrogen and oxygen atoms in total. The Kier molecular flexibility index (Phi) is 6.82. The lowest BCUT2D eigenvalue weighted by Gasteiger charge is -2.16. The minimum Gasteiger partial charge on any atom is -0.489 e. The molecule has 0 fully saturated rings. The molecule has 0 bridgehead atoms. The molecule has 0 heterocycles. The van der Waals surface area contributed by atoms with Crippen LogP contribution in [-0.4, -0.2) is 13.1 Å². The number of carbonyl (C=O) groups excluding carboxylic acids is 1. The van der Waals surface area contributed by atoms with Crippen molar-refractivity contribution in [3.8, 4) is 5.75 Å². The van der Waals surface area contributed by atoms with Gasteiger partial charge in [0, 0.05) is 16.0 Å². The summed E-state index contributed by atoms with van der Waals surface area (Å²) in [6.07, 6.45) is -2.00. The van der Waals surface area contributed by atoms with Gasteiger partial charge < -0.3 is 9.47 Å². The zero-order chi connectivity index (χ0) is 18.4. The van der Waals surface area contributed by atoms with E-state index in [1.165, 1.54) is 19.2 Å². The summed E-state index contributed by atoms with van der Waals surface area (Å²) in [5, 5.41) is 0. The molecule has 2 rings (SSSR count). The quantitative estimate of drug-likeness (QED) is 0.566. The van der Waals surface area contributed by atoms with Gasteiger partial charge in [-0.2, -0.15) is 0 Å². The summed E-state index contributed by atoms with van der Waals surface area (Å²) in [4.78, 5) is 12.4. The van der Waals surface area contributed by atoms with E-state index in [1.54, 1.807) is 18.2 Å². The summed E-state index contributed by atoms with van der Waals surface area (Å²) in [6, 6.07) is 9.93. The maximum atomic E-state index is 13.4. The van der Waals surface area contributed by atoms with Crippen LogP contribution in [0.1, 0.15) is 35.6 Å². The molecule has 2 aromatic carbocycles. The predicted octanol–water partition coefficient (Wildman–Crippen LogP) is 4.77. The van der Waals surface area contributed by atoms with Crippen LogP contribution < -0.4 is 4.74 Å². The lowest BCUT2D eigenvalue weighted by atomic mass is 9.99. The summed E-state index contributed by atoms with van der Waals surface area (Å²) in [5.41, 5.74) is 1.61. The first-order chi connectivity index (χ1) is 12.0. The third kappa shape index (κ3) is 4.95. The molecular formula is C19H20F2O3S. The van der Waals surface area contributed by atoms with E-state index < -0.39 is 12.4 Å². The van der Waals surface area contributed by atoms with Crippen molar-refractivity contribution in [3.63, 3.8) is 0 Å². The van der Waals surface area contributed by atoms with Crippen molar-refractivity contribution in [3.05, 3.63) is 58.7 Å². The molecule has 0 spiro atoms. The molecule has 2 aromatic rings. The number of carbonyl (C=O) groups is 1. The summed E-state index contributed by atoms with van der Waals surface area (Å²) in [5.74, 6) is 0.134. The Morgan fingerprint density at radius 2 is 1.96 bits per heavy atom. The summed E-state index contributed by atoms with van der Waals surface area (Å²) < 4.78 is 37.2. The Morgan fingerprint density at radius 3 is 2.60 bits per heavy atom. The molecular weight excluding hydrogens is 346 g/mol. The van der Waals surface area contributed by atoms with Gasteiger partial charge in [-0.05, 0) is 35.7 Å². The molecule has 0 amide bonds. The van der Waals surface area contributed by atoms with E-state index in [9.17, 15) is 13.6 Å². The fraction of sp³-hybridized carbons (Fsp3) is 0.316. The highest BCUT2D eigenvalue weighted by molar-refractivity contribution is 7.80. The van der Waals surface area contributed by atoms with E-state index in [0.29, 0.717) is 16.9 Å². The Balaban J connectivity index is 2.32. The minimum absolute atomic E-state index is 0.0498. The van der Waals surface area contributed by atoms with Gasteiger partial charge in [0.2, 0.25) is 0 Å². The molecule has 0 atom stereocenters. The lowest BCUT2D eigenvalue weighted by Crippen LogP contribution is -2.11. The maximum Gasteiger partial charge on any atom is 0.309 e. The topological polar surface area (TPSA) is 35.5 Å². The maximum absolute atomic E-state index is 13.4. The van der Waals surface area contributed by atoms with Crippen molar-refractivity contribution in [1.82, 2.24) is 0 Å². The number of methoxy groups -OCH3 is 1. The molecule has 0 unspecified atom stereocenters. The molecule has 25 heavy (non-hydrogen) atoms. The second kappa shape index (κ2) is 8.85. The van der Waals surface area contributed by atoms with Crippen molar-refractivity contribution in [2.75, 3.05) is 7.11 Å². The van der Waals surface area contributed by atoms with Crippen LogP contribution >= 0.6 is 12.6 Å². The zero-order valence-corrected chi connectivity index (χ0v) is 15.0. The van der Waals surface area contributed by atoms with Crippen molar-refractivity contribution < 1.29 is 23.0 Å². The third-order valence-corrected chi connectivity index (χ3v) is 4.18. The number of thiol groups is 1. The summed E-state index contributed by atoms with van der Waals surface area (Å²) in [7, 11) is 1.27. The van der Waals surface area contributed by atoms with Crippen LogP contribution in [-0.2, 0) is 29.0 Å². The van der Waals surface area contributed by atoms with E-state index >= 15 is 0 Å². The Labute approximate surface area is 151 Å². The number of rotatable bonds is 7. The van der Waals surface area contributed by atoms with Crippen molar-refractivity contribution in [1.29, 1.82) is 0 Å². The molecule has 0 aliphatic carbocycles. The molecule has 0 aliphatic rings. The van der Waals surface area contributed by atoms with Crippen LogP contribution in [0.2, 0.25) is 0 Å². The first kappa shape index (κ1) is 19.2. The number of halogens is 2. The molecule has 0 radical (unpaired) electrons. The first-order valence-corrected chi connectivity index (χ1v) is 8.31. The average molecular weight is 366 g/mol. The van der Waals surface area contributed by atoms with Crippen molar-refractivity contribution >= 4 is 18.6 Å². The van der Waals surface area contributed by atoms with E-state index in [-0.39, 0.29) is 18.6 Å². The van der Waals surface area contributed by atoms with Gasteiger partial charge in [-0.15, -0.1) is 12.6 Å². The van der Waals surface area contributed by atoms with Crippen LogP contribution in [0.25, 0.3) is 0 Å². The average Bonchev–Trinajstić information content (AvgIpc) is 2.60. The number of benzene rings is 2. The van der Waals surface area contributed by atoms with E-state index in [4.69, 9.17) is 4.74 Å². The highest BCUT2D eigenvalue weighted by Gasteiger charge is 2.19. The Bertz CT molecular complexity index is 747. The Hall–Kier alpha value is -2.08. The van der Waals surface area contributed by atoms with E-state index in [2.05, 4.69) is 17.4 Å². The molecule has 0 N–H and O–H groups in total. The van der Waals surface area contributed by atoms with Gasteiger partial charge in [0.1, 0.15) is 12.4 Å². The largest absolute Gasteiger partial charge is 0.489 e. The molecule has 0 aromatic heterocycles. The van der Waals surface area contributed by atoms with Gasteiger partial charge in [-0.1, -0.05) is 25.1 Å². The lowest BCUT2D eigenvalue weighted by molar-refractivity contribution is -0.139. The van der Waals surface area contributed by atoms with Crippen LogP contribution in [0, 0.1) is 0 Å². The first-order valence-electron chi connectivity index (χ1n) is 7.86. The standard InChI is InChI=1S/C19H20F2O3S/c1-3-12-9-14(25)7-8-17(12)24-11-16-13(10-18(22)23-2)5-4-6-15(16)19(20)21/h4-9,19,25H,3,10-11H2,1-2H3. The van der Waals surface area contributed by atoms with Crippen molar-refractivity contribution in [2.45, 2.75) is 37.7 Å². The number of hydrogen-bond acceptors (Lipinski definition) is 4. The van der Waals surface area contributed by atoms with Gasteiger partial charge in [0.05, 0.1) is 13.5 Å². The van der Waals surface area contributed by atoms with E-state index in [0.717, 1.165) is 16.9 Å². The predicted molar refractivity (Wildman–Crippen MR) is 94.5 cm³/mol. The molecule has 6 heteroatoms. The second-order valence-electron chi connectivity index (χ2n) is 5.47. The zero-order valence-electron chi connectivity index (χ0n) is 14.1. The highest BCUT2D eigenvalue weighted by atomic mass is 32.1. The number of ether oxygens (including phenoxy) is 2. The Morgan fingerprint density at radius 1 is 1.20 bits per heavy atom. The third-order valence-electron chi connectivity index (χ3n) is 3.90. The molecule has 0 aliphatic heterocycles. The monoisotopic (exact) mass is 366 g/mol. The van der Waals surface area contributed by atoms with Crippen LogP contribution in [0.15, 0.2) is 41.3 Å². The molecule has 0 saturated carbocycles. The molecule has 0 saturated heterocycles. The fourth-order valence-electron chi connectivity index (χ4n) is 2.56. The van der Waals surface area contributed by atoms with Gasteiger partial charge in [0.25, 0.3) is 6.43 Å². The van der Waals surface area contributed by atoms with Crippen LogP contribution in [0.4, 0.5) is 8.78 Å². The van der Waals surface area contributed by atoms with E-state index in [1.807, 2.05) is 13.0 Å². The number of esters is 1. The van der Waals surface area contributed by atoms with Gasteiger partial charge in [0.15, 0.2) is 0 Å². The second-order valence-corrected chi connectivity index (χ2v) is 5.99. The van der Waals surface area contributed by atoms with Gasteiger partial charge in [-0.3, -0.25) is 4.79 Å². The van der Waals surface area contributed by atoms with Crippen LogP contribution in [0.5, 0.6) is 5.75 Å². The number of alkyl halides is 2. The molecule has 134 valence electrons. The number of hydrogen-bond donors (Lipinski definition) is 1. The normalized spacial score (nSPS) is 10.8.